The van der Waals surface area contributed by atoms with Gasteiger partial charge in [-0.1, -0.05) is 30.1 Å². The molecule has 1 N–H and O–H groups in total. The molecule has 0 saturated heterocycles. The first-order valence-electron chi connectivity index (χ1n) is 6.01. The van der Waals surface area contributed by atoms with Gasteiger partial charge in [-0.05, 0) is 25.0 Å². The second-order valence-corrected chi connectivity index (χ2v) is 5.08. The number of aryl methyl sites for hydroxylation is 1. The van der Waals surface area contributed by atoms with Crippen molar-refractivity contribution in [3.63, 3.8) is 0 Å². The molecule has 2 rings (SSSR count). The number of nitrogens with zero attached hydrogens (tertiary/aromatic N) is 2. The molecule has 0 aliphatic rings. The Labute approximate surface area is 122 Å². The second-order valence-electron chi connectivity index (χ2n) is 4.30. The van der Waals surface area contributed by atoms with Crippen LogP contribution in [0, 0.1) is 18.3 Å². The molecule has 0 aliphatic carbocycles. The fourth-order valence-electron chi connectivity index (χ4n) is 1.94. The van der Waals surface area contributed by atoms with Crippen LogP contribution in [0.5, 0.6) is 0 Å². The Hall–Kier alpha value is -1.50. The van der Waals surface area contributed by atoms with Gasteiger partial charge in [0.05, 0.1) is 26.8 Å². The van der Waals surface area contributed by atoms with E-state index in [-0.39, 0.29) is 0 Å². The Morgan fingerprint density at radius 3 is 2.79 bits per heavy atom. The molecule has 98 valence electrons. The first kappa shape index (κ1) is 13.9. The summed E-state index contributed by atoms with van der Waals surface area (Å²) in [5.41, 5.74) is 2.68. The largest absolute Gasteiger partial charge is 0.383 e. The van der Waals surface area contributed by atoms with Crippen molar-refractivity contribution in [2.45, 2.75) is 20.3 Å². The van der Waals surface area contributed by atoms with E-state index in [0.29, 0.717) is 26.8 Å². The molecule has 5 heteroatoms. The van der Waals surface area contributed by atoms with Gasteiger partial charge in [0.2, 0.25) is 0 Å². The van der Waals surface area contributed by atoms with E-state index in [0.717, 1.165) is 23.9 Å². The Bertz CT molecular complexity index is 675. The summed E-state index contributed by atoms with van der Waals surface area (Å²) in [5.74, 6) is 0. The lowest BCUT2D eigenvalue weighted by Gasteiger charge is -2.13. The number of halogens is 2. The van der Waals surface area contributed by atoms with Crippen LogP contribution in [0.2, 0.25) is 10.0 Å². The maximum Gasteiger partial charge on any atom is 0.103 e. The molecule has 0 saturated carbocycles. The number of aromatic nitrogens is 1. The van der Waals surface area contributed by atoms with Crippen LogP contribution in [0.3, 0.4) is 0 Å². The number of nitriles is 1. The van der Waals surface area contributed by atoms with Crippen LogP contribution in [-0.4, -0.2) is 11.5 Å². The molecular weight excluding hydrogens is 281 g/mol. The topological polar surface area (TPSA) is 48.7 Å². The van der Waals surface area contributed by atoms with E-state index < -0.39 is 0 Å². The van der Waals surface area contributed by atoms with Crippen LogP contribution in [-0.2, 0) is 0 Å². The standard InChI is InChI=1S/C14H13Cl2N3/c1-3-4-18-13-9(6-17)7-19-14-10(15)5-8(2)12(16)11(13)14/h5,7H,3-4H2,1-2H3,(H,18,19). The average Bonchev–Trinajstić information content (AvgIpc) is 2.41. The third-order valence-corrected chi connectivity index (χ3v) is 3.66. The van der Waals surface area contributed by atoms with E-state index in [9.17, 15) is 5.26 Å². The van der Waals surface area contributed by atoms with Crippen LogP contribution in [0.1, 0.15) is 24.5 Å². The first-order valence-corrected chi connectivity index (χ1v) is 6.77. The summed E-state index contributed by atoms with van der Waals surface area (Å²) >= 11 is 12.6. The zero-order chi connectivity index (χ0) is 14.0. The smallest absolute Gasteiger partial charge is 0.103 e. The van der Waals surface area contributed by atoms with Gasteiger partial charge < -0.3 is 5.32 Å². The minimum absolute atomic E-state index is 0.476. The Morgan fingerprint density at radius 1 is 1.42 bits per heavy atom. The number of pyridine rings is 1. The summed E-state index contributed by atoms with van der Waals surface area (Å²) < 4.78 is 0. The normalized spacial score (nSPS) is 10.5. The lowest BCUT2D eigenvalue weighted by molar-refractivity contribution is 0.980. The fraction of sp³-hybridized carbons (Fsp3) is 0.286. The highest BCUT2D eigenvalue weighted by Crippen LogP contribution is 2.37. The quantitative estimate of drug-likeness (QED) is 0.903. The van der Waals surface area contributed by atoms with Crippen molar-refractivity contribution in [2.75, 3.05) is 11.9 Å². The summed E-state index contributed by atoms with van der Waals surface area (Å²) in [6.07, 6.45) is 2.48. The summed E-state index contributed by atoms with van der Waals surface area (Å²) in [6, 6.07) is 3.92. The lowest BCUT2D eigenvalue weighted by Crippen LogP contribution is -2.04. The molecule has 1 aromatic heterocycles. The maximum absolute atomic E-state index is 9.20. The molecule has 0 spiro atoms. The van der Waals surface area contributed by atoms with Crippen LogP contribution in [0.25, 0.3) is 10.9 Å². The minimum atomic E-state index is 0.476. The van der Waals surface area contributed by atoms with E-state index in [1.165, 1.54) is 6.20 Å². The number of hydrogen-bond donors (Lipinski definition) is 1. The molecule has 0 atom stereocenters. The van der Waals surface area contributed by atoms with Crippen LogP contribution < -0.4 is 5.32 Å². The number of hydrogen-bond acceptors (Lipinski definition) is 3. The van der Waals surface area contributed by atoms with Crippen LogP contribution in [0.4, 0.5) is 5.69 Å². The summed E-state index contributed by atoms with van der Waals surface area (Å²) in [6.45, 7) is 4.70. The van der Waals surface area contributed by atoms with E-state index in [2.05, 4.69) is 23.3 Å². The number of rotatable bonds is 3. The van der Waals surface area contributed by atoms with Crippen molar-refractivity contribution in [1.29, 1.82) is 5.26 Å². The molecule has 0 aliphatic heterocycles. The van der Waals surface area contributed by atoms with Gasteiger partial charge >= 0.3 is 0 Å². The highest BCUT2D eigenvalue weighted by Gasteiger charge is 2.15. The monoisotopic (exact) mass is 293 g/mol. The van der Waals surface area contributed by atoms with Gasteiger partial charge in [-0.3, -0.25) is 4.98 Å². The molecule has 1 heterocycles. The minimum Gasteiger partial charge on any atom is -0.383 e. The van der Waals surface area contributed by atoms with Crippen molar-refractivity contribution in [3.8, 4) is 6.07 Å². The molecule has 1 aromatic carbocycles. The van der Waals surface area contributed by atoms with E-state index >= 15 is 0 Å². The molecule has 0 unspecified atom stereocenters. The van der Waals surface area contributed by atoms with Gasteiger partial charge in [-0.2, -0.15) is 5.26 Å². The lowest BCUT2D eigenvalue weighted by atomic mass is 10.1. The number of benzene rings is 1. The molecule has 0 radical (unpaired) electrons. The zero-order valence-electron chi connectivity index (χ0n) is 10.7. The van der Waals surface area contributed by atoms with Gasteiger partial charge in [0.1, 0.15) is 6.07 Å². The van der Waals surface area contributed by atoms with Crippen molar-refractivity contribution < 1.29 is 0 Å². The third-order valence-electron chi connectivity index (χ3n) is 2.89. The Balaban J connectivity index is 2.83. The summed E-state index contributed by atoms with van der Waals surface area (Å²) in [7, 11) is 0. The Kier molecular flexibility index (Phi) is 4.14. The Morgan fingerprint density at radius 2 is 2.16 bits per heavy atom. The molecule has 3 nitrogen and oxygen atoms in total. The van der Waals surface area contributed by atoms with E-state index in [1.54, 1.807) is 6.07 Å². The van der Waals surface area contributed by atoms with Crippen LogP contribution >= 0.6 is 23.2 Å². The molecule has 0 bridgehead atoms. The van der Waals surface area contributed by atoms with Gasteiger partial charge in [-0.15, -0.1) is 0 Å². The van der Waals surface area contributed by atoms with Crippen molar-refractivity contribution >= 4 is 39.8 Å². The molecular formula is C14H13Cl2N3. The first-order chi connectivity index (χ1) is 9.10. The molecule has 0 fully saturated rings. The van der Waals surface area contributed by atoms with Gasteiger partial charge in [-0.25, -0.2) is 0 Å². The second kappa shape index (κ2) is 5.64. The highest BCUT2D eigenvalue weighted by molar-refractivity contribution is 6.41. The van der Waals surface area contributed by atoms with Crippen molar-refractivity contribution in [1.82, 2.24) is 4.98 Å². The molecule has 0 amide bonds. The average molecular weight is 294 g/mol. The fourth-order valence-corrected chi connectivity index (χ4v) is 2.49. The molecule has 2 aromatic rings. The summed E-state index contributed by atoms with van der Waals surface area (Å²) in [5, 5.41) is 14.3. The highest BCUT2D eigenvalue weighted by atomic mass is 35.5. The van der Waals surface area contributed by atoms with Gasteiger partial charge in [0.15, 0.2) is 0 Å². The summed E-state index contributed by atoms with van der Waals surface area (Å²) in [4.78, 5) is 4.24. The predicted octanol–water partition coefficient (Wildman–Crippen LogP) is 4.54. The number of fused-ring (bicyclic) bond motifs is 1. The van der Waals surface area contributed by atoms with E-state index in [1.807, 2.05) is 6.92 Å². The SMILES string of the molecule is CCCNc1c(C#N)cnc2c(Cl)cc(C)c(Cl)c12. The number of anilines is 1. The number of nitrogens with one attached hydrogen (secondary N) is 1. The van der Waals surface area contributed by atoms with Crippen molar-refractivity contribution in [2.24, 2.45) is 0 Å². The predicted molar refractivity (Wildman–Crippen MR) is 80.0 cm³/mol. The molecule has 19 heavy (non-hydrogen) atoms. The zero-order valence-corrected chi connectivity index (χ0v) is 12.2. The van der Waals surface area contributed by atoms with Crippen molar-refractivity contribution in [3.05, 3.63) is 33.4 Å². The van der Waals surface area contributed by atoms with Crippen LogP contribution in [0.15, 0.2) is 12.3 Å². The third kappa shape index (κ3) is 2.47. The van der Waals surface area contributed by atoms with E-state index in [4.69, 9.17) is 23.2 Å². The maximum atomic E-state index is 9.20. The van der Waals surface area contributed by atoms with Gasteiger partial charge in [0, 0.05) is 18.1 Å². The van der Waals surface area contributed by atoms with Gasteiger partial charge in [0.25, 0.3) is 0 Å².